The summed E-state index contributed by atoms with van der Waals surface area (Å²) < 4.78 is 7.71. The van der Waals surface area contributed by atoms with Crippen molar-refractivity contribution < 1.29 is 9.53 Å². The van der Waals surface area contributed by atoms with E-state index >= 15 is 0 Å². The summed E-state index contributed by atoms with van der Waals surface area (Å²) in [6.45, 7) is 9.46. The van der Waals surface area contributed by atoms with Crippen LogP contribution in [0.15, 0.2) is 12.5 Å². The van der Waals surface area contributed by atoms with Gasteiger partial charge in [0, 0.05) is 36.9 Å². The van der Waals surface area contributed by atoms with Gasteiger partial charge in [0.15, 0.2) is 0 Å². The molecule has 5 heteroatoms. The molecule has 21 heavy (non-hydrogen) atoms. The lowest BCUT2D eigenvalue weighted by atomic mass is 9.81. The SMILES string of the molecule is CC1CC(n2cncc2C2CN(C(=O)OC(C)(C)C)C2)C1. The van der Waals surface area contributed by atoms with Crippen LogP contribution in [-0.2, 0) is 4.74 Å². The second-order valence-electron chi connectivity index (χ2n) is 7.54. The van der Waals surface area contributed by atoms with Crippen LogP contribution < -0.4 is 0 Å². The van der Waals surface area contributed by atoms with Crippen LogP contribution in [0.25, 0.3) is 0 Å². The molecule has 0 aromatic carbocycles. The van der Waals surface area contributed by atoms with E-state index in [1.165, 1.54) is 18.5 Å². The summed E-state index contributed by atoms with van der Waals surface area (Å²) in [5.41, 5.74) is 0.846. The number of hydrogen-bond donors (Lipinski definition) is 0. The lowest BCUT2D eigenvalue weighted by molar-refractivity contribution is 0.00726. The fourth-order valence-corrected chi connectivity index (χ4v) is 3.16. The third-order valence-electron chi connectivity index (χ3n) is 4.39. The molecule has 116 valence electrons. The van der Waals surface area contributed by atoms with Gasteiger partial charge in [-0.1, -0.05) is 6.92 Å². The lowest BCUT2D eigenvalue weighted by Gasteiger charge is -2.42. The van der Waals surface area contributed by atoms with E-state index in [0.29, 0.717) is 12.0 Å². The van der Waals surface area contributed by atoms with Gasteiger partial charge in [0.05, 0.1) is 6.33 Å². The van der Waals surface area contributed by atoms with E-state index in [1.54, 1.807) is 4.90 Å². The highest BCUT2D eigenvalue weighted by molar-refractivity contribution is 5.69. The zero-order chi connectivity index (χ0) is 15.2. The van der Waals surface area contributed by atoms with Gasteiger partial charge in [0.1, 0.15) is 5.60 Å². The average molecular weight is 291 g/mol. The lowest BCUT2D eigenvalue weighted by Crippen LogP contribution is -2.51. The topological polar surface area (TPSA) is 47.4 Å². The van der Waals surface area contributed by atoms with Gasteiger partial charge in [-0.3, -0.25) is 0 Å². The van der Waals surface area contributed by atoms with Gasteiger partial charge in [0.2, 0.25) is 0 Å². The van der Waals surface area contributed by atoms with Crippen LogP contribution in [-0.4, -0.2) is 39.2 Å². The third kappa shape index (κ3) is 2.92. The molecule has 1 aliphatic heterocycles. The maximum absolute atomic E-state index is 12.0. The number of aromatic nitrogens is 2. The van der Waals surface area contributed by atoms with Crippen LogP contribution in [0, 0.1) is 5.92 Å². The number of likely N-dealkylation sites (tertiary alicyclic amines) is 1. The van der Waals surface area contributed by atoms with Crippen molar-refractivity contribution in [1.82, 2.24) is 14.5 Å². The molecule has 3 rings (SSSR count). The minimum Gasteiger partial charge on any atom is -0.444 e. The standard InChI is InChI=1S/C16H25N3O2/c1-11-5-13(6-11)19-10-17-7-14(19)12-8-18(9-12)15(20)21-16(2,3)4/h7,10-13H,5-6,8-9H2,1-4H3. The van der Waals surface area contributed by atoms with Gasteiger partial charge in [-0.05, 0) is 39.5 Å². The monoisotopic (exact) mass is 291 g/mol. The highest BCUT2D eigenvalue weighted by Crippen LogP contribution is 2.40. The summed E-state index contributed by atoms with van der Waals surface area (Å²) in [5.74, 6) is 1.22. The Hall–Kier alpha value is -1.52. The van der Waals surface area contributed by atoms with E-state index in [9.17, 15) is 4.79 Å². The van der Waals surface area contributed by atoms with E-state index in [4.69, 9.17) is 4.74 Å². The van der Waals surface area contributed by atoms with Crippen LogP contribution in [0.4, 0.5) is 4.79 Å². The molecule has 1 saturated heterocycles. The predicted octanol–water partition coefficient (Wildman–Crippen LogP) is 3.19. The van der Waals surface area contributed by atoms with Gasteiger partial charge < -0.3 is 14.2 Å². The largest absolute Gasteiger partial charge is 0.444 e. The first-order valence-electron chi connectivity index (χ1n) is 7.83. The van der Waals surface area contributed by atoms with Crippen molar-refractivity contribution >= 4 is 6.09 Å². The van der Waals surface area contributed by atoms with Crippen molar-refractivity contribution in [3.8, 4) is 0 Å². The van der Waals surface area contributed by atoms with Crippen molar-refractivity contribution in [2.24, 2.45) is 5.92 Å². The third-order valence-corrected chi connectivity index (χ3v) is 4.39. The Kier molecular flexibility index (Phi) is 3.46. The Labute approximate surface area is 126 Å². The zero-order valence-corrected chi connectivity index (χ0v) is 13.4. The minimum atomic E-state index is -0.425. The molecule has 0 unspecified atom stereocenters. The number of carbonyl (C=O) groups excluding carboxylic acids is 1. The highest BCUT2D eigenvalue weighted by Gasteiger charge is 2.38. The van der Waals surface area contributed by atoms with Crippen LogP contribution in [0.3, 0.4) is 0 Å². The summed E-state index contributed by atoms with van der Waals surface area (Å²) in [6.07, 6.45) is 6.18. The number of carbonyl (C=O) groups is 1. The van der Waals surface area contributed by atoms with Gasteiger partial charge >= 0.3 is 6.09 Å². The maximum atomic E-state index is 12.0. The summed E-state index contributed by atoms with van der Waals surface area (Å²) >= 11 is 0. The number of rotatable bonds is 2. The van der Waals surface area contributed by atoms with Crippen LogP contribution in [0.1, 0.15) is 58.2 Å². The Bertz CT molecular complexity index is 520. The average Bonchev–Trinajstić information content (AvgIpc) is 2.68. The van der Waals surface area contributed by atoms with E-state index in [0.717, 1.165) is 19.0 Å². The second kappa shape index (κ2) is 5.04. The van der Waals surface area contributed by atoms with Gasteiger partial charge in [-0.2, -0.15) is 0 Å². The van der Waals surface area contributed by atoms with E-state index < -0.39 is 5.60 Å². The number of amides is 1. The molecule has 0 atom stereocenters. The number of nitrogens with zero attached hydrogens (tertiary/aromatic N) is 3. The molecule has 1 saturated carbocycles. The maximum Gasteiger partial charge on any atom is 0.410 e. The fourth-order valence-electron chi connectivity index (χ4n) is 3.16. The second-order valence-corrected chi connectivity index (χ2v) is 7.54. The molecule has 1 aliphatic carbocycles. The molecule has 1 amide bonds. The van der Waals surface area contributed by atoms with Crippen LogP contribution in [0.2, 0.25) is 0 Å². The van der Waals surface area contributed by atoms with Crippen molar-refractivity contribution in [2.45, 2.75) is 58.1 Å². The molecule has 2 fully saturated rings. The van der Waals surface area contributed by atoms with Gasteiger partial charge in [0.25, 0.3) is 0 Å². The van der Waals surface area contributed by atoms with Crippen molar-refractivity contribution in [3.63, 3.8) is 0 Å². The normalized spacial score (nSPS) is 26.2. The van der Waals surface area contributed by atoms with Gasteiger partial charge in [-0.15, -0.1) is 0 Å². The van der Waals surface area contributed by atoms with Crippen molar-refractivity contribution in [3.05, 3.63) is 18.2 Å². The molecule has 1 aromatic heterocycles. The first-order chi connectivity index (χ1) is 9.83. The summed E-state index contributed by atoms with van der Waals surface area (Å²) in [7, 11) is 0. The minimum absolute atomic E-state index is 0.206. The van der Waals surface area contributed by atoms with Crippen LogP contribution in [0.5, 0.6) is 0 Å². The quantitative estimate of drug-likeness (QED) is 0.840. The highest BCUT2D eigenvalue weighted by atomic mass is 16.6. The van der Waals surface area contributed by atoms with E-state index in [2.05, 4.69) is 16.5 Å². The Balaban J connectivity index is 1.57. The molecule has 1 aromatic rings. The van der Waals surface area contributed by atoms with Crippen molar-refractivity contribution in [2.75, 3.05) is 13.1 Å². The van der Waals surface area contributed by atoms with Crippen LogP contribution >= 0.6 is 0 Å². The predicted molar refractivity (Wildman–Crippen MR) is 80.2 cm³/mol. The molecular weight excluding hydrogens is 266 g/mol. The molecule has 0 N–H and O–H groups in total. The summed E-state index contributed by atoms with van der Waals surface area (Å²) in [6, 6.07) is 0.605. The molecular formula is C16H25N3O2. The summed E-state index contributed by atoms with van der Waals surface area (Å²) in [5, 5.41) is 0. The summed E-state index contributed by atoms with van der Waals surface area (Å²) in [4.78, 5) is 18.1. The van der Waals surface area contributed by atoms with Gasteiger partial charge in [-0.25, -0.2) is 9.78 Å². The fraction of sp³-hybridized carbons (Fsp3) is 0.750. The first-order valence-corrected chi connectivity index (χ1v) is 7.83. The zero-order valence-electron chi connectivity index (χ0n) is 13.4. The number of ether oxygens (including phenoxy) is 1. The Morgan fingerprint density at radius 2 is 2.00 bits per heavy atom. The Morgan fingerprint density at radius 3 is 2.57 bits per heavy atom. The first kappa shape index (κ1) is 14.4. The smallest absolute Gasteiger partial charge is 0.410 e. The molecule has 0 spiro atoms. The molecule has 0 bridgehead atoms. The molecule has 0 radical (unpaired) electrons. The molecule has 2 heterocycles. The van der Waals surface area contributed by atoms with E-state index in [1.807, 2.05) is 33.3 Å². The Morgan fingerprint density at radius 1 is 1.33 bits per heavy atom. The number of imidazole rings is 1. The van der Waals surface area contributed by atoms with E-state index in [-0.39, 0.29) is 6.09 Å². The van der Waals surface area contributed by atoms with Crippen molar-refractivity contribution in [1.29, 1.82) is 0 Å². The molecule has 2 aliphatic rings. The number of hydrogen-bond acceptors (Lipinski definition) is 3. The molecule has 5 nitrogen and oxygen atoms in total.